The van der Waals surface area contributed by atoms with E-state index >= 15 is 0 Å². The van der Waals surface area contributed by atoms with Crippen molar-refractivity contribution in [3.63, 3.8) is 0 Å². The zero-order chi connectivity index (χ0) is 27.5. The summed E-state index contributed by atoms with van der Waals surface area (Å²) in [6.45, 7) is 2.08. The van der Waals surface area contributed by atoms with E-state index in [2.05, 4.69) is 4.99 Å². The zero-order valence-electron chi connectivity index (χ0n) is 22.1. The molecule has 2 heterocycles. The Labute approximate surface area is 229 Å². The molecule has 3 aromatic carbocycles. The third-order valence-corrected chi connectivity index (χ3v) is 7.60. The first-order valence-corrected chi connectivity index (χ1v) is 13.2. The van der Waals surface area contributed by atoms with Gasteiger partial charge in [-0.05, 0) is 35.9 Å². The Morgan fingerprint density at radius 1 is 0.974 bits per heavy atom. The van der Waals surface area contributed by atoms with Crippen molar-refractivity contribution in [3.8, 4) is 11.5 Å². The van der Waals surface area contributed by atoms with Crippen LogP contribution in [-0.2, 0) is 14.3 Å². The molecule has 0 radical (unpaired) electrons. The fourth-order valence-electron chi connectivity index (χ4n) is 4.80. The van der Waals surface area contributed by atoms with Crippen LogP contribution in [0.2, 0.25) is 0 Å². The molecule has 1 atom stereocenters. The van der Waals surface area contributed by atoms with Gasteiger partial charge in [0.1, 0.15) is 24.1 Å². The van der Waals surface area contributed by atoms with Gasteiger partial charge in [-0.15, -0.1) is 0 Å². The number of allylic oxidation sites excluding steroid dienone is 1. The summed E-state index contributed by atoms with van der Waals surface area (Å²) < 4.78 is 23.8. The summed E-state index contributed by atoms with van der Waals surface area (Å²) in [4.78, 5) is 32.6. The second-order valence-electron chi connectivity index (χ2n) is 8.86. The topological polar surface area (TPSA) is 88.4 Å². The van der Waals surface area contributed by atoms with Gasteiger partial charge in [0.15, 0.2) is 4.80 Å². The normalized spacial score (nSPS) is 15.2. The number of ether oxygens (including phenoxy) is 4. The summed E-state index contributed by atoms with van der Waals surface area (Å²) in [5.74, 6) is 0.637. The fourth-order valence-corrected chi connectivity index (χ4v) is 5.83. The van der Waals surface area contributed by atoms with E-state index in [-0.39, 0.29) is 24.3 Å². The Bertz CT molecular complexity index is 1770. The van der Waals surface area contributed by atoms with Crippen molar-refractivity contribution < 1.29 is 23.7 Å². The Hall–Kier alpha value is -4.21. The van der Waals surface area contributed by atoms with Crippen LogP contribution in [0.4, 0.5) is 0 Å². The largest absolute Gasteiger partial charge is 0.496 e. The lowest BCUT2D eigenvalue weighted by Crippen LogP contribution is -2.40. The molecule has 1 aromatic heterocycles. The van der Waals surface area contributed by atoms with Crippen LogP contribution >= 0.6 is 11.3 Å². The van der Waals surface area contributed by atoms with E-state index in [9.17, 15) is 9.59 Å². The highest BCUT2D eigenvalue weighted by Gasteiger charge is 2.35. The molecule has 4 aromatic rings. The number of carbonyl (C=O) groups is 1. The zero-order valence-corrected chi connectivity index (χ0v) is 22.9. The van der Waals surface area contributed by atoms with E-state index in [1.54, 1.807) is 31.8 Å². The highest BCUT2D eigenvalue weighted by atomic mass is 32.1. The second kappa shape index (κ2) is 11.3. The lowest BCUT2D eigenvalue weighted by atomic mass is 9.95. The van der Waals surface area contributed by atoms with Gasteiger partial charge in [0.2, 0.25) is 0 Å². The van der Waals surface area contributed by atoms with Crippen LogP contribution in [0, 0.1) is 0 Å². The Kier molecular flexibility index (Phi) is 7.63. The molecule has 0 spiro atoms. The van der Waals surface area contributed by atoms with Gasteiger partial charge in [-0.1, -0.05) is 59.9 Å². The van der Waals surface area contributed by atoms with Crippen molar-refractivity contribution in [3.05, 3.63) is 103 Å². The number of hydrogen-bond donors (Lipinski definition) is 0. The number of carbonyl (C=O) groups excluding carboxylic acids is 1. The third-order valence-electron chi connectivity index (χ3n) is 6.62. The summed E-state index contributed by atoms with van der Waals surface area (Å²) in [5, 5.41) is 1.99. The molecule has 0 saturated heterocycles. The monoisotopic (exact) mass is 544 g/mol. The van der Waals surface area contributed by atoms with Crippen molar-refractivity contribution in [2.75, 3.05) is 34.5 Å². The van der Waals surface area contributed by atoms with Crippen molar-refractivity contribution in [2.45, 2.75) is 13.0 Å². The van der Waals surface area contributed by atoms with Gasteiger partial charge in [-0.25, -0.2) is 9.79 Å². The molecule has 200 valence electrons. The molecular formula is C30H28N2O6S. The molecule has 0 saturated carbocycles. The first-order chi connectivity index (χ1) is 19.0. The predicted molar refractivity (Wildman–Crippen MR) is 150 cm³/mol. The van der Waals surface area contributed by atoms with Crippen molar-refractivity contribution in [1.82, 2.24) is 4.57 Å². The Morgan fingerprint density at radius 2 is 1.72 bits per heavy atom. The summed E-state index contributed by atoms with van der Waals surface area (Å²) in [6.07, 6.45) is 1.83. The molecule has 39 heavy (non-hydrogen) atoms. The molecular weight excluding hydrogens is 516 g/mol. The van der Waals surface area contributed by atoms with E-state index in [0.717, 1.165) is 16.3 Å². The first kappa shape index (κ1) is 26.4. The molecule has 0 bridgehead atoms. The molecule has 0 fully saturated rings. The smallest absolute Gasteiger partial charge is 0.338 e. The van der Waals surface area contributed by atoms with Crippen molar-refractivity contribution in [2.24, 2.45) is 4.99 Å². The molecule has 9 heteroatoms. The predicted octanol–water partition coefficient (Wildman–Crippen LogP) is 3.60. The average Bonchev–Trinajstić information content (AvgIpc) is 3.26. The van der Waals surface area contributed by atoms with Crippen LogP contribution in [0.3, 0.4) is 0 Å². The molecule has 0 aliphatic carbocycles. The SMILES string of the molecule is COCCOC(=O)C1=C(C)N=c2sc(=Cc3c(OC)ccc4ccccc34)c(=O)n2C1c1ccccc1OC. The lowest BCUT2D eigenvalue weighted by molar-refractivity contribution is -0.140. The number of nitrogens with zero attached hydrogens (tertiary/aromatic N) is 2. The quantitative estimate of drug-likeness (QED) is 0.249. The van der Waals surface area contributed by atoms with Gasteiger partial charge in [0, 0.05) is 18.2 Å². The highest BCUT2D eigenvalue weighted by molar-refractivity contribution is 7.07. The summed E-state index contributed by atoms with van der Waals surface area (Å²) >= 11 is 1.26. The second-order valence-corrected chi connectivity index (χ2v) is 9.86. The van der Waals surface area contributed by atoms with E-state index in [1.807, 2.05) is 60.7 Å². The number of aromatic nitrogens is 1. The van der Waals surface area contributed by atoms with Gasteiger partial charge < -0.3 is 18.9 Å². The molecule has 0 amide bonds. The van der Waals surface area contributed by atoms with E-state index in [1.165, 1.54) is 18.4 Å². The minimum absolute atomic E-state index is 0.0794. The van der Waals surface area contributed by atoms with Gasteiger partial charge in [0.25, 0.3) is 5.56 Å². The lowest BCUT2D eigenvalue weighted by Gasteiger charge is -2.26. The Balaban J connectivity index is 1.75. The number of thiazole rings is 1. The van der Waals surface area contributed by atoms with E-state index in [4.69, 9.17) is 18.9 Å². The van der Waals surface area contributed by atoms with E-state index in [0.29, 0.717) is 32.1 Å². The summed E-state index contributed by atoms with van der Waals surface area (Å²) in [7, 11) is 4.70. The number of rotatable bonds is 8. The molecule has 5 rings (SSSR count). The first-order valence-electron chi connectivity index (χ1n) is 12.4. The van der Waals surface area contributed by atoms with Crippen LogP contribution in [-0.4, -0.2) is 45.1 Å². The van der Waals surface area contributed by atoms with Gasteiger partial charge >= 0.3 is 5.97 Å². The molecule has 1 aliphatic rings. The summed E-state index contributed by atoms with van der Waals surface area (Å²) in [5.41, 5.74) is 1.92. The Morgan fingerprint density at radius 3 is 2.49 bits per heavy atom. The molecule has 8 nitrogen and oxygen atoms in total. The van der Waals surface area contributed by atoms with Crippen LogP contribution < -0.4 is 24.4 Å². The van der Waals surface area contributed by atoms with Gasteiger partial charge in [-0.3, -0.25) is 9.36 Å². The maximum atomic E-state index is 14.1. The maximum Gasteiger partial charge on any atom is 0.338 e. The van der Waals surface area contributed by atoms with Crippen molar-refractivity contribution in [1.29, 1.82) is 0 Å². The summed E-state index contributed by atoms with van der Waals surface area (Å²) in [6, 6.07) is 18.3. The maximum absolute atomic E-state index is 14.1. The third kappa shape index (κ3) is 4.86. The molecule has 0 N–H and O–H groups in total. The van der Waals surface area contributed by atoms with E-state index < -0.39 is 12.0 Å². The van der Waals surface area contributed by atoms with Gasteiger partial charge in [-0.2, -0.15) is 0 Å². The molecule has 1 aliphatic heterocycles. The number of fused-ring (bicyclic) bond motifs is 2. The van der Waals surface area contributed by atoms with Crippen LogP contribution in [0.1, 0.15) is 24.1 Å². The van der Waals surface area contributed by atoms with Crippen LogP contribution in [0.25, 0.3) is 16.8 Å². The number of hydrogen-bond acceptors (Lipinski definition) is 8. The van der Waals surface area contributed by atoms with Crippen LogP contribution in [0.15, 0.2) is 81.7 Å². The minimum Gasteiger partial charge on any atom is -0.496 e. The van der Waals surface area contributed by atoms with Gasteiger partial charge in [0.05, 0.1) is 36.6 Å². The number of benzene rings is 3. The highest BCUT2D eigenvalue weighted by Crippen LogP contribution is 2.36. The van der Waals surface area contributed by atoms with Crippen molar-refractivity contribution >= 4 is 34.2 Å². The number of methoxy groups -OCH3 is 3. The number of esters is 1. The number of para-hydroxylation sites is 1. The fraction of sp³-hybridized carbons (Fsp3) is 0.233. The standard InChI is InChI=1S/C30H28N2O6S/c1-18-26(29(34)38-16-15-35-2)27(21-11-7-8-12-23(21)36-3)32-28(33)25(39-30(32)31-18)17-22-20-10-6-5-9-19(20)13-14-24(22)37-4/h5-14,17,27H,15-16H2,1-4H3. The minimum atomic E-state index is -0.788. The molecule has 1 unspecified atom stereocenters. The average molecular weight is 545 g/mol. The van der Waals surface area contributed by atoms with Crippen LogP contribution in [0.5, 0.6) is 11.5 Å².